The Morgan fingerprint density at radius 1 is 1.26 bits per heavy atom. The number of carbonyl (C=O) groups excluding carboxylic acids is 2. The highest BCUT2D eigenvalue weighted by atomic mass is 35.5. The molecule has 0 spiro atoms. The van der Waals surface area contributed by atoms with Crippen molar-refractivity contribution in [2.45, 2.75) is 12.5 Å². The molecule has 27 heavy (non-hydrogen) atoms. The summed E-state index contributed by atoms with van der Waals surface area (Å²) >= 11 is 5.71. The van der Waals surface area contributed by atoms with Gasteiger partial charge in [0.25, 0.3) is 5.91 Å². The van der Waals surface area contributed by atoms with Crippen LogP contribution in [-0.4, -0.2) is 26.6 Å². The molecular formula is C18H13ClFN5O2. The molecular weight excluding hydrogens is 373 g/mol. The summed E-state index contributed by atoms with van der Waals surface area (Å²) < 4.78 is 14.6. The van der Waals surface area contributed by atoms with Crippen LogP contribution < -0.4 is 10.6 Å². The number of hydrogen-bond acceptors (Lipinski definition) is 4. The van der Waals surface area contributed by atoms with Gasteiger partial charge in [-0.1, -0.05) is 41.9 Å². The molecule has 1 aliphatic heterocycles. The van der Waals surface area contributed by atoms with E-state index < -0.39 is 17.8 Å². The molecule has 2 aromatic carbocycles. The van der Waals surface area contributed by atoms with Gasteiger partial charge in [0.2, 0.25) is 11.9 Å². The Bertz CT molecular complexity index is 1040. The van der Waals surface area contributed by atoms with Gasteiger partial charge >= 0.3 is 0 Å². The number of benzene rings is 2. The lowest BCUT2D eigenvalue weighted by Gasteiger charge is -2.10. The van der Waals surface area contributed by atoms with Gasteiger partial charge in [0.05, 0.1) is 11.4 Å². The molecule has 1 atom stereocenters. The average Bonchev–Trinajstić information content (AvgIpc) is 3.18. The highest BCUT2D eigenvalue weighted by Gasteiger charge is 2.35. The molecule has 2 amide bonds. The number of anilines is 2. The molecule has 2 heterocycles. The second-order valence-corrected chi connectivity index (χ2v) is 6.36. The first-order valence-corrected chi connectivity index (χ1v) is 8.47. The van der Waals surface area contributed by atoms with E-state index >= 15 is 0 Å². The van der Waals surface area contributed by atoms with E-state index in [1.807, 2.05) is 30.3 Å². The molecule has 3 aromatic rings. The number of fused-ring (bicyclic) bond motifs is 1. The van der Waals surface area contributed by atoms with Gasteiger partial charge in [-0.2, -0.15) is 4.98 Å². The van der Waals surface area contributed by atoms with Crippen LogP contribution in [0, 0.1) is 5.82 Å². The van der Waals surface area contributed by atoms with Crippen molar-refractivity contribution in [1.82, 2.24) is 14.8 Å². The lowest BCUT2D eigenvalue weighted by Crippen LogP contribution is -2.23. The zero-order chi connectivity index (χ0) is 19.0. The second kappa shape index (κ2) is 6.81. The number of halogens is 2. The quantitative estimate of drug-likeness (QED) is 0.721. The predicted molar refractivity (Wildman–Crippen MR) is 97.8 cm³/mol. The largest absolute Gasteiger partial charge is 0.326 e. The van der Waals surface area contributed by atoms with E-state index in [4.69, 9.17) is 11.6 Å². The van der Waals surface area contributed by atoms with Gasteiger partial charge < -0.3 is 5.32 Å². The molecule has 0 fully saturated rings. The normalized spacial score (nSPS) is 15.3. The van der Waals surface area contributed by atoms with Crippen molar-refractivity contribution in [3.63, 3.8) is 0 Å². The van der Waals surface area contributed by atoms with Crippen molar-refractivity contribution in [2.75, 3.05) is 10.6 Å². The van der Waals surface area contributed by atoms with E-state index in [2.05, 4.69) is 20.7 Å². The third-order valence-corrected chi connectivity index (χ3v) is 4.37. The Morgan fingerprint density at radius 3 is 2.78 bits per heavy atom. The average molecular weight is 386 g/mol. The first kappa shape index (κ1) is 17.2. The van der Waals surface area contributed by atoms with Gasteiger partial charge in [0.1, 0.15) is 11.9 Å². The summed E-state index contributed by atoms with van der Waals surface area (Å²) in [6.07, 6.45) is -0.147. The second-order valence-electron chi connectivity index (χ2n) is 5.96. The zero-order valence-corrected chi connectivity index (χ0v) is 14.6. The Hall–Kier alpha value is -3.26. The van der Waals surface area contributed by atoms with Crippen LogP contribution >= 0.6 is 11.6 Å². The maximum absolute atomic E-state index is 13.2. The standard InChI is InChI=1S/C18H13ClFN5O2/c19-12-8-11(6-7-13(12)20)21-15(26)9-14-17(27)23-18-22-16(24-25(14)18)10-4-2-1-3-5-10/h1-8,14H,9H2,(H,21,26)(H,22,23,24,27). The summed E-state index contributed by atoms with van der Waals surface area (Å²) in [7, 11) is 0. The minimum Gasteiger partial charge on any atom is -0.326 e. The number of rotatable bonds is 4. The molecule has 1 unspecified atom stereocenters. The van der Waals surface area contributed by atoms with Crippen LogP contribution in [-0.2, 0) is 9.59 Å². The van der Waals surface area contributed by atoms with Crippen molar-refractivity contribution in [2.24, 2.45) is 0 Å². The Kier molecular flexibility index (Phi) is 4.33. The van der Waals surface area contributed by atoms with Crippen molar-refractivity contribution in [1.29, 1.82) is 0 Å². The minimum atomic E-state index is -0.819. The molecule has 0 aliphatic carbocycles. The molecule has 0 saturated heterocycles. The molecule has 9 heteroatoms. The van der Waals surface area contributed by atoms with Crippen LogP contribution in [0.25, 0.3) is 11.4 Å². The van der Waals surface area contributed by atoms with Gasteiger partial charge in [-0.05, 0) is 18.2 Å². The number of carbonyl (C=O) groups is 2. The van der Waals surface area contributed by atoms with E-state index in [0.29, 0.717) is 17.5 Å². The van der Waals surface area contributed by atoms with Crippen molar-refractivity contribution in [3.05, 3.63) is 59.4 Å². The summed E-state index contributed by atoms with van der Waals surface area (Å²) in [5.41, 5.74) is 1.14. The molecule has 1 aromatic heterocycles. The Labute approximate surface area is 158 Å². The van der Waals surface area contributed by atoms with Gasteiger partial charge in [0, 0.05) is 11.3 Å². The molecule has 1 aliphatic rings. The fourth-order valence-corrected chi connectivity index (χ4v) is 2.96. The van der Waals surface area contributed by atoms with Crippen LogP contribution in [0.5, 0.6) is 0 Å². The van der Waals surface area contributed by atoms with Crippen molar-refractivity contribution in [3.8, 4) is 11.4 Å². The molecule has 0 saturated carbocycles. The van der Waals surface area contributed by atoms with Crippen LogP contribution in [0.1, 0.15) is 12.5 Å². The van der Waals surface area contributed by atoms with Crippen LogP contribution in [0.15, 0.2) is 48.5 Å². The number of amides is 2. The lowest BCUT2D eigenvalue weighted by molar-refractivity contribution is -0.123. The summed E-state index contributed by atoms with van der Waals surface area (Å²) in [6.45, 7) is 0. The third kappa shape index (κ3) is 3.39. The van der Waals surface area contributed by atoms with E-state index in [1.165, 1.54) is 16.8 Å². The highest BCUT2D eigenvalue weighted by molar-refractivity contribution is 6.31. The number of hydrogen-bond donors (Lipinski definition) is 2. The summed E-state index contributed by atoms with van der Waals surface area (Å²) in [5.74, 6) is -0.618. The fourth-order valence-electron chi connectivity index (χ4n) is 2.78. The van der Waals surface area contributed by atoms with E-state index in [0.717, 1.165) is 11.6 Å². The summed E-state index contributed by atoms with van der Waals surface area (Å²) in [6, 6.07) is 12.3. The fraction of sp³-hybridized carbons (Fsp3) is 0.111. The molecule has 2 N–H and O–H groups in total. The number of aromatic nitrogens is 3. The molecule has 0 bridgehead atoms. The Morgan fingerprint density at radius 2 is 2.04 bits per heavy atom. The van der Waals surface area contributed by atoms with Crippen LogP contribution in [0.3, 0.4) is 0 Å². The number of nitrogens with one attached hydrogen (secondary N) is 2. The molecule has 4 rings (SSSR count). The summed E-state index contributed by atoms with van der Waals surface area (Å²) in [4.78, 5) is 28.8. The van der Waals surface area contributed by atoms with Gasteiger partial charge in [-0.15, -0.1) is 5.10 Å². The predicted octanol–water partition coefficient (Wildman–Crippen LogP) is 3.26. The Balaban J connectivity index is 1.51. The van der Waals surface area contributed by atoms with Gasteiger partial charge in [-0.25, -0.2) is 9.07 Å². The SMILES string of the molecule is O=C(CC1C(=O)Nc2nc(-c3ccccc3)nn21)Nc1ccc(F)c(Cl)c1. The van der Waals surface area contributed by atoms with Crippen molar-refractivity contribution >= 4 is 35.1 Å². The van der Waals surface area contributed by atoms with Crippen LogP contribution in [0.4, 0.5) is 16.0 Å². The maximum Gasteiger partial charge on any atom is 0.252 e. The number of nitrogens with zero attached hydrogens (tertiary/aromatic N) is 3. The zero-order valence-electron chi connectivity index (χ0n) is 13.8. The highest BCUT2D eigenvalue weighted by Crippen LogP contribution is 2.28. The van der Waals surface area contributed by atoms with E-state index in [-0.39, 0.29) is 17.4 Å². The molecule has 0 radical (unpaired) electrons. The van der Waals surface area contributed by atoms with Crippen molar-refractivity contribution < 1.29 is 14.0 Å². The lowest BCUT2D eigenvalue weighted by atomic mass is 10.2. The maximum atomic E-state index is 13.2. The first-order valence-electron chi connectivity index (χ1n) is 8.09. The van der Waals surface area contributed by atoms with Crippen LogP contribution in [0.2, 0.25) is 5.02 Å². The van der Waals surface area contributed by atoms with Gasteiger partial charge in [0.15, 0.2) is 5.82 Å². The summed E-state index contributed by atoms with van der Waals surface area (Å²) in [5, 5.41) is 9.47. The monoisotopic (exact) mass is 385 g/mol. The minimum absolute atomic E-state index is 0.0996. The molecule has 136 valence electrons. The first-order chi connectivity index (χ1) is 13.0. The van der Waals surface area contributed by atoms with Gasteiger partial charge in [-0.3, -0.25) is 14.9 Å². The van der Waals surface area contributed by atoms with E-state index in [9.17, 15) is 14.0 Å². The molecule has 7 nitrogen and oxygen atoms in total. The smallest absolute Gasteiger partial charge is 0.252 e. The topological polar surface area (TPSA) is 88.9 Å². The third-order valence-electron chi connectivity index (χ3n) is 4.08. The van der Waals surface area contributed by atoms with E-state index in [1.54, 1.807) is 0 Å².